The molecular weight excluding hydrogens is 208 g/mol. The van der Waals surface area contributed by atoms with Crippen LogP contribution in [0.15, 0.2) is 12.7 Å². The van der Waals surface area contributed by atoms with E-state index in [4.69, 9.17) is 9.47 Å². The van der Waals surface area contributed by atoms with Gasteiger partial charge in [0, 0.05) is 33.9 Å². The van der Waals surface area contributed by atoms with E-state index in [-0.39, 0.29) is 5.91 Å². The first-order valence-electron chi connectivity index (χ1n) is 5.33. The number of hydrogen-bond donors (Lipinski definition) is 1. The molecule has 16 heavy (non-hydrogen) atoms. The van der Waals surface area contributed by atoms with Gasteiger partial charge in [-0.1, -0.05) is 6.08 Å². The van der Waals surface area contributed by atoms with E-state index in [1.165, 1.54) is 0 Å². The molecule has 0 aliphatic rings. The summed E-state index contributed by atoms with van der Waals surface area (Å²) in [5.41, 5.74) is 0. The topological polar surface area (TPSA) is 50.8 Å². The van der Waals surface area contributed by atoms with Crippen molar-refractivity contribution in [2.75, 3.05) is 53.6 Å². The molecule has 5 nitrogen and oxygen atoms in total. The van der Waals surface area contributed by atoms with Crippen molar-refractivity contribution in [3.8, 4) is 0 Å². The van der Waals surface area contributed by atoms with E-state index in [1.807, 2.05) is 0 Å². The minimum absolute atomic E-state index is 0.0518. The zero-order valence-corrected chi connectivity index (χ0v) is 10.2. The van der Waals surface area contributed by atoms with Gasteiger partial charge in [0.05, 0.1) is 19.8 Å². The normalized spacial score (nSPS) is 10.1. The van der Waals surface area contributed by atoms with E-state index in [0.29, 0.717) is 39.4 Å². The molecule has 0 rings (SSSR count). The fourth-order valence-corrected chi connectivity index (χ4v) is 1.16. The second kappa shape index (κ2) is 10.6. The highest BCUT2D eigenvalue weighted by molar-refractivity contribution is 5.78. The van der Waals surface area contributed by atoms with Gasteiger partial charge in [-0.2, -0.15) is 0 Å². The molecule has 1 N–H and O–H groups in total. The minimum Gasteiger partial charge on any atom is -0.383 e. The van der Waals surface area contributed by atoms with Crippen LogP contribution in [0.4, 0.5) is 0 Å². The summed E-state index contributed by atoms with van der Waals surface area (Å²) in [7, 11) is 3.24. The minimum atomic E-state index is 0.0518. The Balaban J connectivity index is 3.93. The number of carbonyl (C=O) groups excluding carboxylic acids is 1. The van der Waals surface area contributed by atoms with E-state index >= 15 is 0 Å². The van der Waals surface area contributed by atoms with Crippen molar-refractivity contribution < 1.29 is 14.3 Å². The summed E-state index contributed by atoms with van der Waals surface area (Å²) in [6.07, 6.45) is 1.72. The van der Waals surface area contributed by atoms with E-state index in [0.717, 1.165) is 0 Å². The predicted molar refractivity (Wildman–Crippen MR) is 63.4 cm³/mol. The second-order valence-corrected chi connectivity index (χ2v) is 3.29. The van der Waals surface area contributed by atoms with Crippen LogP contribution >= 0.6 is 0 Å². The zero-order chi connectivity index (χ0) is 12.2. The van der Waals surface area contributed by atoms with Crippen LogP contribution in [0.1, 0.15) is 0 Å². The lowest BCUT2D eigenvalue weighted by molar-refractivity contribution is -0.131. The summed E-state index contributed by atoms with van der Waals surface area (Å²) in [5, 5.41) is 2.98. The Morgan fingerprint density at radius 1 is 1.31 bits per heavy atom. The van der Waals surface area contributed by atoms with Crippen LogP contribution in [0.25, 0.3) is 0 Å². The van der Waals surface area contributed by atoms with Crippen molar-refractivity contribution in [3.63, 3.8) is 0 Å². The van der Waals surface area contributed by atoms with Gasteiger partial charge >= 0.3 is 0 Å². The molecule has 0 saturated heterocycles. The van der Waals surface area contributed by atoms with Crippen molar-refractivity contribution >= 4 is 5.91 Å². The summed E-state index contributed by atoms with van der Waals surface area (Å²) in [5.74, 6) is 0.0518. The Hall–Kier alpha value is -0.910. The third-order valence-electron chi connectivity index (χ3n) is 2.05. The van der Waals surface area contributed by atoms with Gasteiger partial charge in [0.15, 0.2) is 0 Å². The molecule has 0 spiro atoms. The first kappa shape index (κ1) is 15.1. The van der Waals surface area contributed by atoms with Gasteiger partial charge in [-0.15, -0.1) is 6.58 Å². The highest BCUT2D eigenvalue weighted by Gasteiger charge is 2.11. The van der Waals surface area contributed by atoms with Crippen molar-refractivity contribution in [2.45, 2.75) is 0 Å². The summed E-state index contributed by atoms with van der Waals surface area (Å²) in [6.45, 7) is 6.79. The molecule has 0 aliphatic carbocycles. The molecule has 0 aromatic heterocycles. The molecule has 0 atom stereocenters. The molecule has 0 radical (unpaired) electrons. The van der Waals surface area contributed by atoms with Crippen LogP contribution in [0.3, 0.4) is 0 Å². The summed E-state index contributed by atoms with van der Waals surface area (Å²) >= 11 is 0. The second-order valence-electron chi connectivity index (χ2n) is 3.29. The summed E-state index contributed by atoms with van der Waals surface area (Å²) in [4.78, 5) is 13.5. The van der Waals surface area contributed by atoms with Gasteiger partial charge in [-0.3, -0.25) is 4.79 Å². The Morgan fingerprint density at radius 3 is 2.31 bits per heavy atom. The van der Waals surface area contributed by atoms with Crippen molar-refractivity contribution in [1.82, 2.24) is 10.2 Å². The standard InChI is InChI=1S/C11H22N2O3/c1-4-5-12-10-11(14)13(6-8-15-2)7-9-16-3/h4,12H,1,5-10H2,2-3H3. The molecule has 94 valence electrons. The molecule has 0 aromatic carbocycles. The van der Waals surface area contributed by atoms with Crippen LogP contribution in [-0.2, 0) is 14.3 Å². The Labute approximate surface area is 97.4 Å². The van der Waals surface area contributed by atoms with Gasteiger partial charge in [-0.05, 0) is 0 Å². The number of amides is 1. The number of ether oxygens (including phenoxy) is 2. The quantitative estimate of drug-likeness (QED) is 0.420. The van der Waals surface area contributed by atoms with Crippen LogP contribution in [0.5, 0.6) is 0 Å². The van der Waals surface area contributed by atoms with Crippen molar-refractivity contribution in [1.29, 1.82) is 0 Å². The molecule has 5 heteroatoms. The Morgan fingerprint density at radius 2 is 1.88 bits per heavy atom. The van der Waals surface area contributed by atoms with E-state index in [9.17, 15) is 4.79 Å². The Kier molecular flexibility index (Phi) is 10.00. The third-order valence-corrected chi connectivity index (χ3v) is 2.05. The van der Waals surface area contributed by atoms with Gasteiger partial charge in [-0.25, -0.2) is 0 Å². The van der Waals surface area contributed by atoms with Crippen molar-refractivity contribution in [2.24, 2.45) is 0 Å². The molecule has 1 amide bonds. The first-order valence-corrected chi connectivity index (χ1v) is 5.33. The molecule has 0 bridgehead atoms. The van der Waals surface area contributed by atoms with Gasteiger partial charge in [0.1, 0.15) is 0 Å². The van der Waals surface area contributed by atoms with Gasteiger partial charge in [0.25, 0.3) is 0 Å². The van der Waals surface area contributed by atoms with E-state index in [2.05, 4.69) is 11.9 Å². The molecule has 0 fully saturated rings. The molecule has 0 heterocycles. The first-order chi connectivity index (χ1) is 7.76. The molecule has 0 unspecified atom stereocenters. The van der Waals surface area contributed by atoms with E-state index in [1.54, 1.807) is 25.2 Å². The maximum atomic E-state index is 11.7. The number of carbonyl (C=O) groups is 1. The lowest BCUT2D eigenvalue weighted by Gasteiger charge is -2.22. The summed E-state index contributed by atoms with van der Waals surface area (Å²) < 4.78 is 9.91. The smallest absolute Gasteiger partial charge is 0.236 e. The number of nitrogens with zero attached hydrogens (tertiary/aromatic N) is 1. The Bertz CT molecular complexity index is 190. The van der Waals surface area contributed by atoms with Gasteiger partial charge in [0.2, 0.25) is 5.91 Å². The highest BCUT2D eigenvalue weighted by Crippen LogP contribution is 1.90. The lowest BCUT2D eigenvalue weighted by Crippen LogP contribution is -2.41. The van der Waals surface area contributed by atoms with Crippen LogP contribution in [0, 0.1) is 0 Å². The van der Waals surface area contributed by atoms with Gasteiger partial charge < -0.3 is 19.7 Å². The fourth-order valence-electron chi connectivity index (χ4n) is 1.16. The molecule has 0 saturated carbocycles. The maximum Gasteiger partial charge on any atom is 0.236 e. The average Bonchev–Trinajstić information content (AvgIpc) is 2.29. The number of rotatable bonds is 10. The number of nitrogens with one attached hydrogen (secondary N) is 1. The average molecular weight is 230 g/mol. The number of hydrogen-bond acceptors (Lipinski definition) is 4. The lowest BCUT2D eigenvalue weighted by atomic mass is 10.4. The van der Waals surface area contributed by atoms with Crippen LogP contribution in [0.2, 0.25) is 0 Å². The predicted octanol–water partition coefficient (Wildman–Crippen LogP) is -0.117. The molecule has 0 aliphatic heterocycles. The summed E-state index contributed by atoms with van der Waals surface area (Å²) in [6, 6.07) is 0. The molecular formula is C11H22N2O3. The largest absolute Gasteiger partial charge is 0.383 e. The SMILES string of the molecule is C=CCNCC(=O)N(CCOC)CCOC. The maximum absolute atomic E-state index is 11.7. The van der Waals surface area contributed by atoms with E-state index < -0.39 is 0 Å². The number of methoxy groups -OCH3 is 2. The van der Waals surface area contributed by atoms with Crippen LogP contribution in [-0.4, -0.2) is 64.4 Å². The molecule has 0 aromatic rings. The highest BCUT2D eigenvalue weighted by atomic mass is 16.5. The third kappa shape index (κ3) is 7.39. The van der Waals surface area contributed by atoms with Crippen molar-refractivity contribution in [3.05, 3.63) is 12.7 Å². The zero-order valence-electron chi connectivity index (χ0n) is 10.2. The van der Waals surface area contributed by atoms with Crippen LogP contribution < -0.4 is 5.32 Å². The monoisotopic (exact) mass is 230 g/mol. The fraction of sp³-hybridized carbons (Fsp3) is 0.727.